The lowest BCUT2D eigenvalue weighted by Gasteiger charge is -2.45. The van der Waals surface area contributed by atoms with E-state index in [1.54, 1.807) is 0 Å². The number of carbonyl (C=O) groups excluding carboxylic acids is 4. The van der Waals surface area contributed by atoms with Crippen LogP contribution in [-0.2, 0) is 48.4 Å². The molecule has 4 aliphatic heterocycles. The lowest BCUT2D eigenvalue weighted by Crippen LogP contribution is -2.57. The number of aliphatic hydroxyl groups excluding tert-OH is 1. The van der Waals surface area contributed by atoms with E-state index in [0.29, 0.717) is 32.5 Å². The van der Waals surface area contributed by atoms with Gasteiger partial charge in [-0.25, -0.2) is 4.79 Å². The van der Waals surface area contributed by atoms with E-state index < -0.39 is 29.9 Å². The average Bonchev–Trinajstić information content (AvgIpc) is 3.78. The van der Waals surface area contributed by atoms with Gasteiger partial charge in [-0.3, -0.25) is 19.3 Å². The van der Waals surface area contributed by atoms with Gasteiger partial charge in [0, 0.05) is 37.3 Å². The molecule has 5 aromatic carbocycles. The number of carbonyl (C=O) groups is 4. The number of imide groups is 1. The maximum absolute atomic E-state index is 13.4. The Morgan fingerprint density at radius 2 is 1.48 bits per heavy atom. The Kier molecular flexibility index (Phi) is 12.3. The first-order chi connectivity index (χ1) is 30.7. The normalized spacial score (nSPS) is 22.3. The SMILES string of the molecule is O=C(NC1CC(=O)N(Cc2cccc(-c3cccc([C@@H]4O[C@H](CN5CCC6(CC5)C(=O)NCN6c5ccccc5)C[C@H](c5ccc(CO)cc5)O4)c3)c2)C1=O)OCc1ccccc1. The predicted molar refractivity (Wildman–Crippen MR) is 234 cm³/mol. The van der Waals surface area contributed by atoms with Crippen LogP contribution in [0.2, 0.25) is 0 Å². The van der Waals surface area contributed by atoms with Crippen LogP contribution >= 0.6 is 0 Å². The van der Waals surface area contributed by atoms with E-state index in [-0.39, 0.29) is 50.2 Å². The van der Waals surface area contributed by atoms with Crippen LogP contribution in [0.4, 0.5) is 10.5 Å². The first-order valence-corrected chi connectivity index (χ1v) is 21.6. The van der Waals surface area contributed by atoms with Crippen LogP contribution in [0.25, 0.3) is 11.1 Å². The van der Waals surface area contributed by atoms with Gasteiger partial charge in [0.25, 0.3) is 5.91 Å². The summed E-state index contributed by atoms with van der Waals surface area (Å²) >= 11 is 0. The van der Waals surface area contributed by atoms with Gasteiger partial charge in [-0.15, -0.1) is 0 Å². The van der Waals surface area contributed by atoms with Crippen molar-refractivity contribution in [2.45, 2.75) is 75.5 Å². The molecule has 4 saturated heterocycles. The molecule has 13 heteroatoms. The summed E-state index contributed by atoms with van der Waals surface area (Å²) in [4.78, 5) is 58.0. The van der Waals surface area contributed by atoms with Crippen molar-refractivity contribution in [3.05, 3.63) is 161 Å². The van der Waals surface area contributed by atoms with Crippen LogP contribution in [0.3, 0.4) is 0 Å². The Labute approximate surface area is 366 Å². The topological polar surface area (TPSA) is 150 Å². The van der Waals surface area contributed by atoms with Crippen LogP contribution in [0.15, 0.2) is 133 Å². The summed E-state index contributed by atoms with van der Waals surface area (Å²) < 4.78 is 18.8. The first-order valence-electron chi connectivity index (χ1n) is 21.6. The average molecular weight is 850 g/mol. The van der Waals surface area contributed by atoms with E-state index >= 15 is 0 Å². The third-order valence-corrected chi connectivity index (χ3v) is 12.7. The summed E-state index contributed by atoms with van der Waals surface area (Å²) in [7, 11) is 0. The van der Waals surface area contributed by atoms with E-state index in [9.17, 15) is 24.3 Å². The van der Waals surface area contributed by atoms with Crippen LogP contribution in [0, 0.1) is 0 Å². The molecular weight excluding hydrogens is 799 g/mol. The third kappa shape index (κ3) is 9.23. The zero-order chi connectivity index (χ0) is 43.3. The van der Waals surface area contributed by atoms with Crippen LogP contribution in [-0.4, -0.2) is 82.7 Å². The van der Waals surface area contributed by atoms with Gasteiger partial charge >= 0.3 is 6.09 Å². The van der Waals surface area contributed by atoms with Crippen molar-refractivity contribution in [2.24, 2.45) is 0 Å². The maximum Gasteiger partial charge on any atom is 0.408 e. The molecule has 4 aliphatic rings. The van der Waals surface area contributed by atoms with Crippen molar-refractivity contribution in [1.82, 2.24) is 20.4 Å². The van der Waals surface area contributed by atoms with E-state index in [1.165, 1.54) is 4.90 Å². The van der Waals surface area contributed by atoms with Gasteiger partial charge in [-0.05, 0) is 70.5 Å². The molecule has 0 radical (unpaired) electrons. The summed E-state index contributed by atoms with van der Waals surface area (Å²) in [6, 6.07) is 41.9. The minimum absolute atomic E-state index is 0.0429. The van der Waals surface area contributed by atoms with Gasteiger partial charge in [-0.1, -0.05) is 109 Å². The molecule has 4 heterocycles. The van der Waals surface area contributed by atoms with Crippen molar-refractivity contribution >= 4 is 29.5 Å². The van der Waals surface area contributed by atoms with E-state index in [2.05, 4.69) is 32.6 Å². The molecule has 0 aromatic heterocycles. The van der Waals surface area contributed by atoms with Gasteiger partial charge in [0.15, 0.2) is 6.29 Å². The number of rotatable bonds is 12. The fraction of sp³-hybridized carbons (Fsp3) is 0.320. The molecule has 1 unspecified atom stereocenters. The largest absolute Gasteiger partial charge is 0.445 e. The summed E-state index contributed by atoms with van der Waals surface area (Å²) in [5.74, 6) is -0.763. The molecule has 13 nitrogen and oxygen atoms in total. The number of likely N-dealkylation sites (tertiary alicyclic amines) is 2. The zero-order valence-electron chi connectivity index (χ0n) is 34.9. The Bertz CT molecular complexity index is 2420. The molecule has 0 aliphatic carbocycles. The molecule has 324 valence electrons. The van der Waals surface area contributed by atoms with Crippen molar-refractivity contribution in [3.63, 3.8) is 0 Å². The predicted octanol–water partition coefficient (Wildman–Crippen LogP) is 6.37. The highest BCUT2D eigenvalue weighted by molar-refractivity contribution is 6.06. The van der Waals surface area contributed by atoms with Crippen molar-refractivity contribution in [2.75, 3.05) is 31.2 Å². The number of anilines is 1. The number of ether oxygens (including phenoxy) is 3. The molecular formula is C50H51N5O8. The quantitative estimate of drug-likeness (QED) is 0.121. The first kappa shape index (κ1) is 41.9. The highest BCUT2D eigenvalue weighted by Crippen LogP contribution is 2.41. The Morgan fingerprint density at radius 1 is 0.778 bits per heavy atom. The van der Waals surface area contributed by atoms with Crippen LogP contribution in [0.5, 0.6) is 0 Å². The van der Waals surface area contributed by atoms with Gasteiger partial charge in [0.2, 0.25) is 11.8 Å². The number of benzene rings is 5. The van der Waals surface area contributed by atoms with E-state index in [0.717, 1.165) is 57.7 Å². The Morgan fingerprint density at radius 3 is 2.22 bits per heavy atom. The third-order valence-electron chi connectivity index (χ3n) is 12.7. The molecule has 4 fully saturated rings. The fourth-order valence-corrected chi connectivity index (χ4v) is 9.22. The van der Waals surface area contributed by atoms with Gasteiger partial charge in [-0.2, -0.15) is 0 Å². The maximum atomic E-state index is 13.4. The fourth-order valence-electron chi connectivity index (χ4n) is 9.22. The number of nitrogens with zero attached hydrogens (tertiary/aromatic N) is 3. The second-order valence-corrected chi connectivity index (χ2v) is 16.7. The molecule has 9 rings (SSSR count). The Hall–Kier alpha value is -6.38. The zero-order valence-corrected chi connectivity index (χ0v) is 34.9. The number of piperidine rings is 1. The molecule has 4 amide bonds. The van der Waals surface area contributed by atoms with Crippen molar-refractivity contribution in [1.29, 1.82) is 0 Å². The minimum Gasteiger partial charge on any atom is -0.445 e. The minimum atomic E-state index is -0.998. The lowest BCUT2D eigenvalue weighted by atomic mass is 9.85. The smallest absolute Gasteiger partial charge is 0.408 e. The number of para-hydroxylation sites is 1. The Balaban J connectivity index is 0.875. The highest BCUT2D eigenvalue weighted by atomic mass is 16.7. The summed E-state index contributed by atoms with van der Waals surface area (Å²) in [5, 5.41) is 15.4. The number of amides is 4. The monoisotopic (exact) mass is 849 g/mol. The summed E-state index contributed by atoms with van der Waals surface area (Å²) in [6.45, 7) is 2.73. The number of nitrogens with one attached hydrogen (secondary N) is 2. The van der Waals surface area contributed by atoms with Crippen molar-refractivity contribution in [3.8, 4) is 11.1 Å². The van der Waals surface area contributed by atoms with Crippen molar-refractivity contribution < 1.29 is 38.5 Å². The molecule has 0 saturated carbocycles. The van der Waals surface area contributed by atoms with Gasteiger partial charge in [0.1, 0.15) is 18.2 Å². The summed E-state index contributed by atoms with van der Waals surface area (Å²) in [5.41, 5.74) is 6.50. The number of alkyl carbamates (subject to hydrolysis) is 1. The standard InChI is InChI=1S/C50H51N5O8/c56-31-34-17-19-37(20-18-34)44-27-42(30-53-23-21-50(22-24-53)48(59)51-33-55(50)41-15-5-2-6-16-41)62-47(63-44)40-14-8-13-39(26-40)38-12-7-11-36(25-38)29-54-45(57)28-43(46(54)58)52-49(60)61-32-35-9-3-1-4-10-35/h1-20,25-26,42-44,47,56H,21-24,27-33H2,(H,51,59)(H,52,60)/t42-,43?,44+,47+/m0/s1. The molecule has 0 bridgehead atoms. The second kappa shape index (κ2) is 18.5. The van der Waals surface area contributed by atoms with Gasteiger partial charge in [0.05, 0.1) is 38.4 Å². The van der Waals surface area contributed by atoms with E-state index in [1.807, 2.05) is 121 Å². The second-order valence-electron chi connectivity index (χ2n) is 16.7. The van der Waals surface area contributed by atoms with Crippen LogP contribution in [0.1, 0.15) is 65.9 Å². The highest BCUT2D eigenvalue weighted by Gasteiger charge is 2.50. The molecule has 3 N–H and O–H groups in total. The molecule has 63 heavy (non-hydrogen) atoms. The molecule has 1 spiro atoms. The summed E-state index contributed by atoms with van der Waals surface area (Å²) in [6.07, 6.45) is 0.0270. The molecule has 4 atom stereocenters. The number of hydrogen-bond donors (Lipinski definition) is 3. The lowest BCUT2D eigenvalue weighted by molar-refractivity contribution is -0.253. The van der Waals surface area contributed by atoms with Gasteiger partial charge < -0.3 is 39.8 Å². The number of hydrogen-bond acceptors (Lipinski definition) is 10. The van der Waals surface area contributed by atoms with Crippen LogP contribution < -0.4 is 15.5 Å². The number of aliphatic hydroxyl groups is 1. The van der Waals surface area contributed by atoms with E-state index in [4.69, 9.17) is 14.2 Å². The molecule has 5 aromatic rings.